The fraction of sp³-hybridized carbons (Fsp3) is 0.500. The molecule has 98 valence electrons. The van der Waals surface area contributed by atoms with E-state index in [9.17, 15) is 4.79 Å². The van der Waals surface area contributed by atoms with Crippen LogP contribution in [0.4, 0.5) is 5.69 Å². The zero-order valence-electron chi connectivity index (χ0n) is 11.0. The van der Waals surface area contributed by atoms with Crippen LogP contribution >= 0.6 is 0 Å². The molecule has 1 fully saturated rings. The van der Waals surface area contributed by atoms with Crippen molar-refractivity contribution in [3.63, 3.8) is 0 Å². The molecule has 0 aromatic heterocycles. The quantitative estimate of drug-likeness (QED) is 0.834. The van der Waals surface area contributed by atoms with Crippen LogP contribution in [-0.2, 0) is 11.2 Å². The highest BCUT2D eigenvalue weighted by atomic mass is 16.2. The highest BCUT2D eigenvalue weighted by Gasteiger charge is 2.32. The molecule has 1 aliphatic heterocycles. The molecule has 4 nitrogen and oxygen atoms in total. The molecule has 2 unspecified atom stereocenters. The Morgan fingerprint density at radius 2 is 2.06 bits per heavy atom. The smallest absolute Gasteiger partial charge is 0.244 e. The molecule has 4 heteroatoms. The lowest BCUT2D eigenvalue weighted by Gasteiger charge is -2.41. The van der Waals surface area contributed by atoms with Gasteiger partial charge in [0, 0.05) is 24.8 Å². The van der Waals surface area contributed by atoms with Crippen LogP contribution in [0.3, 0.4) is 0 Å². The Bertz CT molecular complexity index is 416. The summed E-state index contributed by atoms with van der Waals surface area (Å²) in [6, 6.07) is 8.39. The monoisotopic (exact) mass is 247 g/mol. The van der Waals surface area contributed by atoms with Gasteiger partial charge >= 0.3 is 0 Å². The molecule has 1 aliphatic rings. The first-order valence-electron chi connectivity index (χ1n) is 6.52. The fourth-order valence-corrected chi connectivity index (χ4v) is 2.46. The van der Waals surface area contributed by atoms with Gasteiger partial charge in [0.05, 0.1) is 0 Å². The Morgan fingerprint density at radius 1 is 1.39 bits per heavy atom. The summed E-state index contributed by atoms with van der Waals surface area (Å²) in [4.78, 5) is 14.0. The topological polar surface area (TPSA) is 58.4 Å². The van der Waals surface area contributed by atoms with E-state index in [1.165, 1.54) is 5.56 Å². The van der Waals surface area contributed by atoms with Crippen molar-refractivity contribution in [2.45, 2.75) is 32.4 Å². The van der Waals surface area contributed by atoms with Crippen LogP contribution in [0.2, 0.25) is 0 Å². The minimum Gasteiger partial charge on any atom is -0.354 e. The van der Waals surface area contributed by atoms with E-state index >= 15 is 0 Å². The second-order valence-corrected chi connectivity index (χ2v) is 4.77. The maximum absolute atomic E-state index is 11.8. The summed E-state index contributed by atoms with van der Waals surface area (Å²) < 4.78 is 0. The molecule has 1 aromatic rings. The van der Waals surface area contributed by atoms with Crippen molar-refractivity contribution in [1.29, 1.82) is 0 Å². The number of piperazine rings is 1. The Hall–Kier alpha value is -1.55. The average Bonchev–Trinajstić information content (AvgIpc) is 2.41. The van der Waals surface area contributed by atoms with Crippen LogP contribution in [0, 0.1) is 0 Å². The number of nitrogens with zero attached hydrogens (tertiary/aromatic N) is 1. The molecule has 2 atom stereocenters. The van der Waals surface area contributed by atoms with E-state index in [0.717, 1.165) is 12.1 Å². The van der Waals surface area contributed by atoms with E-state index in [0.29, 0.717) is 13.1 Å². The maximum Gasteiger partial charge on any atom is 0.244 e. The zero-order chi connectivity index (χ0) is 13.1. The van der Waals surface area contributed by atoms with Crippen molar-refractivity contribution in [3.8, 4) is 0 Å². The standard InChI is InChI=1S/C14H21N3O/c1-3-11-4-6-12(7-5-11)17-10(2)9-16-14(18)13(17)8-15/h4-7,10,13H,3,8-9,15H2,1-2H3,(H,16,18). The lowest BCUT2D eigenvalue weighted by Crippen LogP contribution is -2.62. The van der Waals surface area contributed by atoms with E-state index < -0.39 is 0 Å². The van der Waals surface area contributed by atoms with Gasteiger partial charge in [0.1, 0.15) is 6.04 Å². The molecular formula is C14H21N3O. The third-order valence-corrected chi connectivity index (χ3v) is 3.55. The second kappa shape index (κ2) is 5.40. The number of hydrogen-bond donors (Lipinski definition) is 2. The number of nitrogens with two attached hydrogens (primary N) is 1. The van der Waals surface area contributed by atoms with Gasteiger partial charge in [-0.1, -0.05) is 19.1 Å². The van der Waals surface area contributed by atoms with Crippen molar-refractivity contribution in [3.05, 3.63) is 29.8 Å². The van der Waals surface area contributed by atoms with E-state index in [-0.39, 0.29) is 18.0 Å². The lowest BCUT2D eigenvalue weighted by atomic mass is 10.0. The number of carbonyl (C=O) groups is 1. The Kier molecular flexibility index (Phi) is 3.87. The third kappa shape index (κ3) is 2.34. The van der Waals surface area contributed by atoms with Crippen molar-refractivity contribution in [2.75, 3.05) is 18.0 Å². The Balaban J connectivity index is 2.29. The Labute approximate surface area is 108 Å². The van der Waals surface area contributed by atoms with Gasteiger partial charge in [0.15, 0.2) is 0 Å². The van der Waals surface area contributed by atoms with E-state index in [1.54, 1.807) is 0 Å². The van der Waals surface area contributed by atoms with Gasteiger partial charge in [-0.3, -0.25) is 4.79 Å². The van der Waals surface area contributed by atoms with Crippen LogP contribution in [0.15, 0.2) is 24.3 Å². The third-order valence-electron chi connectivity index (χ3n) is 3.55. The van der Waals surface area contributed by atoms with Crippen LogP contribution < -0.4 is 16.0 Å². The highest BCUT2D eigenvalue weighted by molar-refractivity contribution is 5.87. The number of rotatable bonds is 3. The Morgan fingerprint density at radius 3 is 2.61 bits per heavy atom. The minimum absolute atomic E-state index is 0.0233. The molecule has 2 rings (SSSR count). The summed E-state index contributed by atoms with van der Waals surface area (Å²) in [7, 11) is 0. The van der Waals surface area contributed by atoms with Crippen LogP contribution in [0.25, 0.3) is 0 Å². The zero-order valence-corrected chi connectivity index (χ0v) is 11.0. The van der Waals surface area contributed by atoms with Crippen LogP contribution in [0.1, 0.15) is 19.4 Å². The van der Waals surface area contributed by atoms with E-state index in [2.05, 4.69) is 48.3 Å². The van der Waals surface area contributed by atoms with Gasteiger partial charge in [-0.2, -0.15) is 0 Å². The number of hydrogen-bond acceptors (Lipinski definition) is 3. The minimum atomic E-state index is -0.263. The highest BCUT2D eigenvalue weighted by Crippen LogP contribution is 2.22. The molecule has 0 aliphatic carbocycles. The fourth-order valence-electron chi connectivity index (χ4n) is 2.46. The first-order chi connectivity index (χ1) is 8.67. The van der Waals surface area contributed by atoms with Gasteiger partial charge in [-0.05, 0) is 31.0 Å². The SMILES string of the molecule is CCc1ccc(N2C(C)CNC(=O)C2CN)cc1. The van der Waals surface area contributed by atoms with Crippen molar-refractivity contribution < 1.29 is 4.79 Å². The van der Waals surface area contributed by atoms with Crippen molar-refractivity contribution in [1.82, 2.24) is 5.32 Å². The molecule has 0 spiro atoms. The first kappa shape index (κ1) is 12.9. The molecule has 0 saturated carbocycles. The van der Waals surface area contributed by atoms with Gasteiger partial charge < -0.3 is 16.0 Å². The summed E-state index contributed by atoms with van der Waals surface area (Å²) in [5, 5.41) is 2.89. The number of nitrogens with one attached hydrogen (secondary N) is 1. The van der Waals surface area contributed by atoms with Crippen LogP contribution in [0.5, 0.6) is 0 Å². The average molecular weight is 247 g/mol. The normalized spacial score (nSPS) is 23.9. The van der Waals surface area contributed by atoms with E-state index in [1.807, 2.05) is 0 Å². The van der Waals surface area contributed by atoms with Gasteiger partial charge in [-0.25, -0.2) is 0 Å². The largest absolute Gasteiger partial charge is 0.354 e. The van der Waals surface area contributed by atoms with Gasteiger partial charge in [-0.15, -0.1) is 0 Å². The molecule has 0 bridgehead atoms. The van der Waals surface area contributed by atoms with Crippen molar-refractivity contribution in [2.24, 2.45) is 5.73 Å². The summed E-state index contributed by atoms with van der Waals surface area (Å²) in [5.74, 6) is 0.0233. The van der Waals surface area contributed by atoms with Gasteiger partial charge in [0.2, 0.25) is 5.91 Å². The predicted octanol–water partition coefficient (Wildman–Crippen LogP) is 0.901. The molecule has 18 heavy (non-hydrogen) atoms. The number of aryl methyl sites for hydroxylation is 1. The number of amides is 1. The van der Waals surface area contributed by atoms with Gasteiger partial charge in [0.25, 0.3) is 0 Å². The molecule has 1 amide bonds. The summed E-state index contributed by atoms with van der Waals surface area (Å²) in [6.07, 6.45) is 1.02. The van der Waals surface area contributed by atoms with Crippen LogP contribution in [-0.4, -0.2) is 31.1 Å². The number of anilines is 1. The first-order valence-corrected chi connectivity index (χ1v) is 6.52. The molecule has 1 heterocycles. The molecule has 3 N–H and O–H groups in total. The molecule has 0 radical (unpaired) electrons. The lowest BCUT2D eigenvalue weighted by molar-refractivity contribution is -0.123. The van der Waals surface area contributed by atoms with E-state index in [4.69, 9.17) is 5.73 Å². The van der Waals surface area contributed by atoms with Crippen molar-refractivity contribution >= 4 is 11.6 Å². The summed E-state index contributed by atoms with van der Waals surface area (Å²) in [5.41, 5.74) is 8.11. The summed E-state index contributed by atoms with van der Waals surface area (Å²) >= 11 is 0. The molecule has 1 saturated heterocycles. The molecule has 1 aromatic carbocycles. The second-order valence-electron chi connectivity index (χ2n) is 4.77. The number of benzene rings is 1. The maximum atomic E-state index is 11.8. The molecular weight excluding hydrogens is 226 g/mol. The number of carbonyl (C=O) groups excluding carboxylic acids is 1. The predicted molar refractivity (Wildman–Crippen MR) is 73.6 cm³/mol. The summed E-state index contributed by atoms with van der Waals surface area (Å²) in [6.45, 7) is 5.25.